The highest BCUT2D eigenvalue weighted by Crippen LogP contribution is 2.44. The number of carboxylic acid groups (broad SMARTS) is 1. The predicted octanol–water partition coefficient (Wildman–Crippen LogP) is 1.50. The fraction of sp³-hybridized carbons (Fsp3) is 0.462. The Balaban J connectivity index is 1.74. The molecule has 0 aromatic carbocycles. The summed E-state index contributed by atoms with van der Waals surface area (Å²) in [7, 11) is 0. The molecule has 1 saturated heterocycles. The molecule has 2 aliphatic carbocycles. The van der Waals surface area contributed by atoms with Gasteiger partial charge in [-0.3, -0.25) is 0 Å². The van der Waals surface area contributed by atoms with E-state index < -0.39 is 5.97 Å². The zero-order chi connectivity index (χ0) is 11.8. The van der Waals surface area contributed by atoms with Gasteiger partial charge >= 0.3 is 5.97 Å². The van der Waals surface area contributed by atoms with Gasteiger partial charge in [-0.15, -0.1) is 0 Å². The third kappa shape index (κ3) is 1.78. The lowest BCUT2D eigenvalue weighted by Gasteiger charge is -2.23. The summed E-state index contributed by atoms with van der Waals surface area (Å²) in [6, 6.07) is 0. The Labute approximate surface area is 99.2 Å². The Morgan fingerprint density at radius 1 is 1.53 bits per heavy atom. The van der Waals surface area contributed by atoms with Crippen molar-refractivity contribution in [1.29, 1.82) is 0 Å². The van der Waals surface area contributed by atoms with Crippen LogP contribution in [0.4, 0.5) is 0 Å². The molecular weight excluding hydrogens is 220 g/mol. The molecule has 0 radical (unpaired) electrons. The number of aliphatic carboxylic acids is 1. The van der Waals surface area contributed by atoms with Crippen LogP contribution < -0.4 is 0 Å². The Morgan fingerprint density at radius 2 is 2.41 bits per heavy atom. The average molecular weight is 234 g/mol. The number of carboxylic acids is 1. The molecule has 1 N–H and O–H groups in total. The molecule has 1 heterocycles. The van der Waals surface area contributed by atoms with E-state index >= 15 is 0 Å². The van der Waals surface area contributed by atoms with Gasteiger partial charge in [0.2, 0.25) is 0 Å². The van der Waals surface area contributed by atoms with Crippen molar-refractivity contribution in [3.05, 3.63) is 36.1 Å². The van der Waals surface area contributed by atoms with E-state index in [1.165, 1.54) is 0 Å². The van der Waals surface area contributed by atoms with Crippen molar-refractivity contribution in [3.63, 3.8) is 0 Å². The lowest BCUT2D eigenvalue weighted by molar-refractivity contribution is -0.141. The van der Waals surface area contributed by atoms with Crippen molar-refractivity contribution in [2.24, 2.45) is 11.8 Å². The SMILES string of the molecule is O=C(O)COC1=CC=CC2C1OC1C=CCC12. The molecule has 0 bridgehead atoms. The first-order valence-electron chi connectivity index (χ1n) is 5.81. The van der Waals surface area contributed by atoms with Gasteiger partial charge in [-0.2, -0.15) is 0 Å². The molecule has 17 heavy (non-hydrogen) atoms. The smallest absolute Gasteiger partial charge is 0.341 e. The second kappa shape index (κ2) is 4.04. The Morgan fingerprint density at radius 3 is 3.24 bits per heavy atom. The summed E-state index contributed by atoms with van der Waals surface area (Å²) in [6.45, 7) is -0.308. The lowest BCUT2D eigenvalue weighted by Crippen LogP contribution is -2.25. The first-order valence-corrected chi connectivity index (χ1v) is 5.81. The van der Waals surface area contributed by atoms with Gasteiger partial charge in [-0.1, -0.05) is 24.3 Å². The maximum atomic E-state index is 10.5. The second-order valence-electron chi connectivity index (χ2n) is 4.56. The number of rotatable bonds is 3. The van der Waals surface area contributed by atoms with Gasteiger partial charge in [0.1, 0.15) is 11.9 Å². The molecule has 4 atom stereocenters. The molecule has 3 rings (SSSR count). The minimum absolute atomic E-state index is 0.112. The van der Waals surface area contributed by atoms with E-state index in [2.05, 4.69) is 18.2 Å². The number of fused-ring (bicyclic) bond motifs is 3. The summed E-state index contributed by atoms with van der Waals surface area (Å²) in [6.07, 6.45) is 11.2. The molecule has 4 unspecified atom stereocenters. The molecule has 0 aromatic rings. The van der Waals surface area contributed by atoms with Crippen LogP contribution in [0.25, 0.3) is 0 Å². The van der Waals surface area contributed by atoms with Gasteiger partial charge < -0.3 is 14.6 Å². The molecule has 0 saturated carbocycles. The molecule has 3 aliphatic rings. The Kier molecular flexibility index (Phi) is 2.52. The zero-order valence-electron chi connectivity index (χ0n) is 9.28. The number of ether oxygens (including phenoxy) is 2. The fourth-order valence-electron chi connectivity index (χ4n) is 2.80. The van der Waals surface area contributed by atoms with Gasteiger partial charge in [0.25, 0.3) is 0 Å². The number of hydrogen-bond donors (Lipinski definition) is 1. The topological polar surface area (TPSA) is 55.8 Å². The number of allylic oxidation sites excluding steroid dienone is 3. The van der Waals surface area contributed by atoms with E-state index in [0.29, 0.717) is 17.6 Å². The minimum atomic E-state index is -0.963. The maximum absolute atomic E-state index is 10.5. The summed E-state index contributed by atoms with van der Waals surface area (Å²) in [4.78, 5) is 10.5. The molecule has 4 heteroatoms. The lowest BCUT2D eigenvalue weighted by atomic mass is 9.84. The van der Waals surface area contributed by atoms with Crippen molar-refractivity contribution < 1.29 is 19.4 Å². The molecule has 0 aromatic heterocycles. The van der Waals surface area contributed by atoms with Crippen molar-refractivity contribution in [1.82, 2.24) is 0 Å². The van der Waals surface area contributed by atoms with Crippen LogP contribution in [0.1, 0.15) is 6.42 Å². The molecule has 4 nitrogen and oxygen atoms in total. The summed E-state index contributed by atoms with van der Waals surface area (Å²) >= 11 is 0. The quantitative estimate of drug-likeness (QED) is 0.752. The molecule has 1 fully saturated rings. The minimum Gasteiger partial charge on any atom is -0.483 e. The van der Waals surface area contributed by atoms with Gasteiger partial charge in [0.15, 0.2) is 6.61 Å². The van der Waals surface area contributed by atoms with E-state index in [0.717, 1.165) is 6.42 Å². The van der Waals surface area contributed by atoms with Crippen LogP contribution in [-0.4, -0.2) is 29.9 Å². The third-order valence-corrected chi connectivity index (χ3v) is 3.54. The number of hydrogen-bond acceptors (Lipinski definition) is 3. The van der Waals surface area contributed by atoms with Gasteiger partial charge in [-0.05, 0) is 12.5 Å². The van der Waals surface area contributed by atoms with Crippen LogP contribution in [-0.2, 0) is 14.3 Å². The summed E-state index contributed by atoms with van der Waals surface area (Å²) < 4.78 is 11.2. The van der Waals surface area contributed by atoms with Crippen molar-refractivity contribution >= 4 is 5.97 Å². The summed E-state index contributed by atoms with van der Waals surface area (Å²) in [5.74, 6) is 0.468. The highest BCUT2D eigenvalue weighted by molar-refractivity contribution is 5.68. The largest absolute Gasteiger partial charge is 0.483 e. The highest BCUT2D eigenvalue weighted by atomic mass is 16.6. The van der Waals surface area contributed by atoms with Crippen molar-refractivity contribution in [2.45, 2.75) is 18.6 Å². The van der Waals surface area contributed by atoms with Crippen LogP contribution in [0.3, 0.4) is 0 Å². The first-order chi connectivity index (χ1) is 8.25. The van der Waals surface area contributed by atoms with E-state index in [1.54, 1.807) is 6.08 Å². The zero-order valence-corrected chi connectivity index (χ0v) is 9.28. The van der Waals surface area contributed by atoms with Gasteiger partial charge in [-0.25, -0.2) is 4.79 Å². The van der Waals surface area contributed by atoms with Crippen LogP contribution in [0.5, 0.6) is 0 Å². The Bertz CT molecular complexity index is 421. The van der Waals surface area contributed by atoms with Crippen molar-refractivity contribution in [2.75, 3.05) is 6.61 Å². The van der Waals surface area contributed by atoms with Crippen molar-refractivity contribution in [3.8, 4) is 0 Å². The third-order valence-electron chi connectivity index (χ3n) is 3.54. The highest BCUT2D eigenvalue weighted by Gasteiger charge is 2.46. The monoisotopic (exact) mass is 234 g/mol. The molecular formula is C13H14O4. The number of carbonyl (C=O) groups is 1. The van der Waals surface area contributed by atoms with E-state index in [4.69, 9.17) is 14.6 Å². The Hall–Kier alpha value is -1.55. The van der Waals surface area contributed by atoms with Gasteiger partial charge in [0, 0.05) is 11.8 Å². The first kappa shape index (κ1) is 10.6. The maximum Gasteiger partial charge on any atom is 0.341 e. The molecule has 0 spiro atoms. The van der Waals surface area contributed by atoms with E-state index in [1.807, 2.05) is 6.08 Å². The molecule has 0 amide bonds. The average Bonchev–Trinajstić information content (AvgIpc) is 2.86. The normalized spacial score (nSPS) is 37.5. The summed E-state index contributed by atoms with van der Waals surface area (Å²) in [5.41, 5.74) is 0. The fourth-order valence-corrected chi connectivity index (χ4v) is 2.80. The summed E-state index contributed by atoms with van der Waals surface area (Å²) in [5, 5.41) is 8.62. The molecule has 1 aliphatic heterocycles. The van der Waals surface area contributed by atoms with Crippen LogP contribution in [0.15, 0.2) is 36.1 Å². The second-order valence-corrected chi connectivity index (χ2v) is 4.56. The van der Waals surface area contributed by atoms with Crippen LogP contribution >= 0.6 is 0 Å². The van der Waals surface area contributed by atoms with E-state index in [-0.39, 0.29) is 18.8 Å². The van der Waals surface area contributed by atoms with Gasteiger partial charge in [0.05, 0.1) is 6.10 Å². The van der Waals surface area contributed by atoms with Crippen LogP contribution in [0.2, 0.25) is 0 Å². The predicted molar refractivity (Wildman–Crippen MR) is 60.2 cm³/mol. The van der Waals surface area contributed by atoms with Crippen LogP contribution in [0, 0.1) is 11.8 Å². The molecule has 90 valence electrons. The van der Waals surface area contributed by atoms with E-state index in [9.17, 15) is 4.79 Å². The standard InChI is InChI=1S/C13H14O4/c14-12(15)7-16-11-6-2-4-9-8-3-1-5-10(8)17-13(9)11/h1-2,4-6,8-10,13H,3,7H2,(H,14,15).